The topological polar surface area (TPSA) is 600 Å². The minimum absolute atomic E-state index is 0.00181. The molecule has 686 valence electrons. The zero-order valence-electron chi connectivity index (χ0n) is 71.2. The number of nitrogens with two attached hydrogens (primary N) is 3. The molecular weight excluding hydrogens is 1690 g/mol. The number of para-hydroxylation sites is 1. The van der Waals surface area contributed by atoms with Crippen LogP contribution in [0.3, 0.4) is 0 Å². The highest BCUT2D eigenvalue weighted by molar-refractivity contribution is 8.00. The van der Waals surface area contributed by atoms with Crippen molar-refractivity contribution in [2.24, 2.45) is 17.2 Å². The number of hydrogen-bond donors (Lipinski definition) is 21. The molecule has 3 aliphatic heterocycles. The van der Waals surface area contributed by atoms with Gasteiger partial charge in [-0.15, -0.1) is 0 Å². The van der Waals surface area contributed by atoms with Crippen molar-refractivity contribution in [2.45, 2.75) is 213 Å². The highest BCUT2D eigenvalue weighted by Gasteiger charge is 2.44. The van der Waals surface area contributed by atoms with Crippen LogP contribution in [0, 0.1) is 0 Å². The molecule has 3 aromatic carbocycles. The molecule has 0 spiro atoms. The van der Waals surface area contributed by atoms with Gasteiger partial charge in [0, 0.05) is 73.1 Å². The lowest BCUT2D eigenvalue weighted by Gasteiger charge is -2.30. The molecule has 39 nitrogen and oxygen atoms in total. The van der Waals surface area contributed by atoms with E-state index >= 15 is 0 Å². The highest BCUT2D eigenvalue weighted by Crippen LogP contribution is 2.33. The van der Waals surface area contributed by atoms with E-state index in [1.807, 2.05) is 60.3 Å². The highest BCUT2D eigenvalue weighted by atomic mass is 32.2. The summed E-state index contributed by atoms with van der Waals surface area (Å²) in [6, 6.07) is 8.33. The smallest absolute Gasteiger partial charge is 0.315 e. The summed E-state index contributed by atoms with van der Waals surface area (Å²) < 4.78 is 0. The van der Waals surface area contributed by atoms with Crippen LogP contribution < -0.4 is 97.0 Å². The Labute approximate surface area is 743 Å². The summed E-state index contributed by atoms with van der Waals surface area (Å²) in [5, 5.41) is 51.4. The predicted octanol–water partition coefficient (Wildman–Crippen LogP) is -1.93. The first kappa shape index (κ1) is 99.9. The number of primary amides is 1. The zero-order chi connectivity index (χ0) is 91.2. The molecule has 14 atom stereocenters. The number of H-pyrrole nitrogens is 2. The summed E-state index contributed by atoms with van der Waals surface area (Å²) in [5.74, 6) is -9.57. The number of carbonyl (C=O) groups is 16. The standard InChI is InChI=1S/C84H120N22O17S3/c1-48(95-76(115)56(86)37-50-17-6-5-7-18-50)75(114)103-64(40-53-42-88-47-94-53)83(122)106-34-16-23-66(106)82(121)102-63(39-52-41-90-57-20-9-8-19-55(52)57)80(119)96-49(2)74(113)98-60(30-35-124-3)78(117)100-61(31-36-125-4)79(118)101-62(38-51-26-28-54(107)29-27-51)81(120)99-59(22-12-14-32-85)77(116)93-44-70(110)91-43-69(109)92-45-71(111)97-58(73(87)112)21-13-15-33-89-68(108)25-11-10-24-67-72-65(46-126-67)104-84(123)105-72/h5-9,17-20,26-29,41-42,47-49,56,58-67,72,90,107H,10-16,21-25,30-40,43-46,85-86H2,1-4H3,(H2,87,112)(H,88,94)(H,89,108)(H,91,110)(H,92,109)(H,93,116)(H,95,115)(H,96,119)(H,97,111)(H,98,113)(H,99,120)(H,100,117)(H,101,118)(H,102,121)(H,103,114)(H2,104,105,123)/t48-,49-,56-,58-,59-,60-,61-,62-,63-,64-,65-,66-,67-,72-/m0/s1. The van der Waals surface area contributed by atoms with Gasteiger partial charge in [-0.3, -0.25) is 71.9 Å². The number of aromatic nitrogens is 3. The Balaban J connectivity index is 0.842. The summed E-state index contributed by atoms with van der Waals surface area (Å²) in [7, 11) is 0. The van der Waals surface area contributed by atoms with Crippen LogP contribution in [-0.2, 0) is 97.6 Å². The normalized spacial score (nSPS) is 17.5. The second kappa shape index (κ2) is 51.8. The lowest BCUT2D eigenvalue weighted by atomic mass is 10.0. The van der Waals surface area contributed by atoms with E-state index in [2.05, 4.69) is 94.7 Å². The van der Waals surface area contributed by atoms with Gasteiger partial charge < -0.3 is 117 Å². The third-order valence-electron chi connectivity index (χ3n) is 21.7. The van der Waals surface area contributed by atoms with Crippen molar-refractivity contribution in [1.29, 1.82) is 0 Å². The summed E-state index contributed by atoms with van der Waals surface area (Å²) in [5.41, 5.74) is 20.6. The second-order valence-electron chi connectivity index (χ2n) is 31.4. The summed E-state index contributed by atoms with van der Waals surface area (Å²) in [6.45, 7) is 1.57. The monoisotopic (exact) mass is 1800 g/mol. The Morgan fingerprint density at radius 1 is 0.556 bits per heavy atom. The van der Waals surface area contributed by atoms with Crippen LogP contribution in [0.15, 0.2) is 97.6 Å². The largest absolute Gasteiger partial charge is 0.508 e. The van der Waals surface area contributed by atoms with Crippen LogP contribution in [0.25, 0.3) is 10.9 Å². The van der Waals surface area contributed by atoms with Crippen LogP contribution in [0.5, 0.6) is 5.75 Å². The molecule has 2 aromatic heterocycles. The number of imidazole rings is 1. The average Bonchev–Trinajstić information content (AvgIpc) is 1.66. The van der Waals surface area contributed by atoms with E-state index in [4.69, 9.17) is 17.2 Å². The number of rotatable bonds is 54. The third kappa shape index (κ3) is 32.5. The molecule has 0 bridgehead atoms. The van der Waals surface area contributed by atoms with Gasteiger partial charge in [-0.1, -0.05) is 67.1 Å². The fourth-order valence-corrected chi connectivity index (χ4v) is 17.2. The maximum Gasteiger partial charge on any atom is 0.315 e. The molecule has 0 radical (unpaired) electrons. The molecular formula is C84H120N22O17S3. The van der Waals surface area contributed by atoms with Gasteiger partial charge in [0.15, 0.2) is 0 Å². The van der Waals surface area contributed by atoms with E-state index < -0.39 is 169 Å². The second-order valence-corrected chi connectivity index (χ2v) is 34.6. The van der Waals surface area contributed by atoms with Gasteiger partial charge in [-0.25, -0.2) is 9.78 Å². The van der Waals surface area contributed by atoms with Crippen molar-refractivity contribution in [2.75, 3.05) is 69.0 Å². The Morgan fingerprint density at radius 2 is 1.13 bits per heavy atom. The maximum absolute atomic E-state index is 14.8. The van der Waals surface area contributed by atoms with Gasteiger partial charge in [0.1, 0.15) is 66.2 Å². The van der Waals surface area contributed by atoms with Crippen molar-refractivity contribution >= 4 is 141 Å². The number of fused-ring (bicyclic) bond motifs is 2. The van der Waals surface area contributed by atoms with Gasteiger partial charge in [0.2, 0.25) is 88.6 Å². The molecule has 0 saturated carbocycles. The summed E-state index contributed by atoms with van der Waals surface area (Å²) in [4.78, 5) is 231. The van der Waals surface area contributed by atoms with Crippen molar-refractivity contribution in [1.82, 2.24) is 99.6 Å². The molecule has 3 fully saturated rings. The molecule has 3 saturated heterocycles. The fourth-order valence-electron chi connectivity index (χ4n) is 14.7. The molecule has 5 aromatic rings. The number of amides is 17. The first-order valence-corrected chi connectivity index (χ1v) is 46.2. The first-order chi connectivity index (χ1) is 60.5. The van der Waals surface area contributed by atoms with Crippen molar-refractivity contribution in [3.63, 3.8) is 0 Å². The Hall–Kier alpha value is -11.5. The molecule has 0 aliphatic carbocycles. The summed E-state index contributed by atoms with van der Waals surface area (Å²) >= 11 is 4.52. The zero-order valence-corrected chi connectivity index (χ0v) is 73.7. The van der Waals surface area contributed by atoms with E-state index in [1.54, 1.807) is 31.0 Å². The Kier molecular flexibility index (Phi) is 41.1. The van der Waals surface area contributed by atoms with E-state index in [1.165, 1.54) is 72.9 Å². The number of phenols is 1. The van der Waals surface area contributed by atoms with E-state index in [0.717, 1.165) is 35.1 Å². The number of carbonyl (C=O) groups excluding carboxylic acids is 16. The fraction of sp³-hybridized carbons (Fsp3) is 0.536. The first-order valence-electron chi connectivity index (χ1n) is 42.4. The van der Waals surface area contributed by atoms with Crippen molar-refractivity contribution in [3.05, 3.63) is 120 Å². The molecule has 17 amide bonds. The minimum Gasteiger partial charge on any atom is -0.508 e. The predicted molar refractivity (Wildman–Crippen MR) is 476 cm³/mol. The van der Waals surface area contributed by atoms with Crippen LogP contribution in [0.2, 0.25) is 0 Å². The Bertz CT molecular complexity index is 4510. The number of nitrogens with zero attached hydrogens (tertiary/aromatic N) is 2. The van der Waals surface area contributed by atoms with E-state index in [9.17, 15) is 81.8 Å². The summed E-state index contributed by atoms with van der Waals surface area (Å²) in [6.07, 6.45) is 13.0. The molecule has 3 aliphatic rings. The minimum atomic E-state index is -1.46. The number of thioether (sulfide) groups is 3. The number of phenolic OH excluding ortho intramolecular Hbond substituents is 1. The number of likely N-dealkylation sites (tertiary alicyclic amines) is 1. The van der Waals surface area contributed by atoms with Gasteiger partial charge in [0.25, 0.3) is 0 Å². The number of nitrogens with one attached hydrogen (secondary N) is 17. The van der Waals surface area contributed by atoms with Crippen LogP contribution >= 0.6 is 35.3 Å². The van der Waals surface area contributed by atoms with E-state index in [0.29, 0.717) is 85.1 Å². The van der Waals surface area contributed by atoms with Crippen molar-refractivity contribution < 1.29 is 81.8 Å². The molecule has 126 heavy (non-hydrogen) atoms. The molecule has 0 unspecified atom stereocenters. The number of aromatic amines is 2. The van der Waals surface area contributed by atoms with Gasteiger partial charge >= 0.3 is 6.03 Å². The lowest BCUT2D eigenvalue weighted by Crippen LogP contribution is -2.60. The van der Waals surface area contributed by atoms with E-state index in [-0.39, 0.29) is 101 Å². The quantitative estimate of drug-likeness (QED) is 0.0149. The number of urea groups is 1. The molecule has 5 heterocycles. The number of benzene rings is 3. The van der Waals surface area contributed by atoms with Gasteiger partial charge in [0.05, 0.1) is 49.8 Å². The maximum atomic E-state index is 14.8. The lowest BCUT2D eigenvalue weighted by molar-refractivity contribution is -0.142. The molecule has 42 heteroatoms. The van der Waals surface area contributed by atoms with Gasteiger partial charge in [-0.05, 0) is 163 Å². The third-order valence-corrected chi connectivity index (χ3v) is 24.5. The average molecular weight is 1810 g/mol. The number of aromatic hydroxyl groups is 1. The molecule has 24 N–H and O–H groups in total. The van der Waals surface area contributed by atoms with Crippen LogP contribution in [-0.4, -0.2) is 272 Å². The van der Waals surface area contributed by atoms with Crippen LogP contribution in [0.1, 0.15) is 126 Å². The number of unbranched alkanes of at least 4 members (excludes halogenated alkanes) is 3. The SMILES string of the molecule is CSCC[C@H](NC(=O)[C@H](C)NC(=O)[C@H](Cc1c[nH]c2ccccc12)NC(=O)[C@@H]1CCCN1C(=O)[C@H](Cc1c[nH]cn1)NC(=O)[C@H](C)NC(=O)[C@@H](N)Cc1ccccc1)C(=O)N[C@@H](CCSC)C(=O)N[C@@H](Cc1ccc(O)cc1)C(=O)N[C@@H](CCCCN)C(=O)NCC(=O)NCC(=O)NCC(=O)N[C@@H](CCCCNC(=O)CCCC[C@@H]1SC[C@@H]2NC(=O)N[C@@H]21)C(N)=O. The van der Waals surface area contributed by atoms with Crippen molar-refractivity contribution in [3.8, 4) is 5.75 Å². The van der Waals surface area contributed by atoms with Crippen LogP contribution in [0.4, 0.5) is 4.79 Å². The van der Waals surface area contributed by atoms with Gasteiger partial charge in [-0.2, -0.15) is 35.3 Å². The number of hydrogen-bond acceptors (Lipinski definition) is 23. The Morgan fingerprint density at radius 3 is 1.79 bits per heavy atom. The molecule has 8 rings (SSSR count).